The summed E-state index contributed by atoms with van der Waals surface area (Å²) >= 11 is 0. The van der Waals surface area contributed by atoms with Gasteiger partial charge in [-0.3, -0.25) is 14.2 Å². The first kappa shape index (κ1) is 19.8. The summed E-state index contributed by atoms with van der Waals surface area (Å²) in [6.45, 7) is 10.3. The van der Waals surface area contributed by atoms with Gasteiger partial charge in [0.1, 0.15) is 18.0 Å². The molecule has 1 aliphatic heterocycles. The number of ether oxygens (including phenoxy) is 1. The summed E-state index contributed by atoms with van der Waals surface area (Å²) in [7, 11) is 0. The van der Waals surface area contributed by atoms with Crippen LogP contribution in [0.1, 0.15) is 24.3 Å². The van der Waals surface area contributed by atoms with E-state index >= 15 is 0 Å². The molecule has 0 saturated carbocycles. The van der Waals surface area contributed by atoms with Crippen molar-refractivity contribution >= 4 is 11.6 Å². The Kier molecular flexibility index (Phi) is 6.91. The van der Waals surface area contributed by atoms with Crippen molar-refractivity contribution in [2.45, 2.75) is 19.9 Å². The number of carbonyl (C=O) groups excluding carboxylic acids is 1. The number of carboxylic acid groups (broad SMARTS) is 1. The Hall–Kier alpha value is -1.52. The van der Waals surface area contributed by atoms with E-state index in [-0.39, 0.29) is 24.6 Å². The minimum atomic E-state index is -1.24. The van der Waals surface area contributed by atoms with E-state index in [9.17, 15) is 9.90 Å². The SMILES string of the molecule is CC(C)N1CCN(CCOc2ccn3c(C(=O)[O-])cnc3c2)CC1.[Li+]. The molecule has 0 amide bonds. The van der Waals surface area contributed by atoms with Crippen LogP contribution < -0.4 is 28.7 Å². The summed E-state index contributed by atoms with van der Waals surface area (Å²) in [4.78, 5) is 19.9. The molecule has 0 aliphatic carbocycles. The number of hydrogen-bond donors (Lipinski definition) is 0. The van der Waals surface area contributed by atoms with Gasteiger partial charge < -0.3 is 14.6 Å². The van der Waals surface area contributed by atoms with Crippen LogP contribution in [-0.4, -0.2) is 70.5 Å². The number of imidazole rings is 1. The van der Waals surface area contributed by atoms with Gasteiger partial charge >= 0.3 is 18.9 Å². The van der Waals surface area contributed by atoms with E-state index in [1.165, 1.54) is 10.6 Å². The smallest absolute Gasteiger partial charge is 0.543 e. The number of aromatic carboxylic acids is 1. The minimum absolute atomic E-state index is 0. The molecule has 1 fully saturated rings. The number of piperazine rings is 1. The standard InChI is InChI=1S/C17H24N4O3.Li/c1-13(2)20-7-5-19(6-8-20)9-10-24-14-3-4-21-15(17(22)23)12-18-16(21)11-14;/h3-4,11-13H,5-10H2,1-2H3,(H,22,23);/q;+1/p-1. The van der Waals surface area contributed by atoms with E-state index in [4.69, 9.17) is 4.74 Å². The third-order valence-electron chi connectivity index (χ3n) is 4.51. The second-order valence-electron chi connectivity index (χ2n) is 6.34. The number of aromatic nitrogens is 2. The van der Waals surface area contributed by atoms with Gasteiger partial charge in [0.15, 0.2) is 0 Å². The van der Waals surface area contributed by atoms with Crippen molar-refractivity contribution < 1.29 is 33.5 Å². The molecule has 2 aromatic rings. The summed E-state index contributed by atoms with van der Waals surface area (Å²) in [6.07, 6.45) is 2.94. The van der Waals surface area contributed by atoms with Gasteiger partial charge in [0, 0.05) is 51.0 Å². The number of pyridine rings is 1. The predicted octanol–water partition coefficient (Wildman–Crippen LogP) is -2.89. The van der Waals surface area contributed by atoms with Crippen molar-refractivity contribution in [1.82, 2.24) is 19.2 Å². The van der Waals surface area contributed by atoms with Crippen LogP contribution >= 0.6 is 0 Å². The number of carboxylic acids is 1. The third kappa shape index (κ3) is 4.76. The van der Waals surface area contributed by atoms with Crippen molar-refractivity contribution in [3.8, 4) is 5.75 Å². The summed E-state index contributed by atoms with van der Waals surface area (Å²) in [5, 5.41) is 11.0. The second kappa shape index (κ2) is 8.72. The van der Waals surface area contributed by atoms with E-state index in [0.29, 0.717) is 24.0 Å². The van der Waals surface area contributed by atoms with Crippen LogP contribution in [0.5, 0.6) is 5.75 Å². The monoisotopic (exact) mass is 338 g/mol. The Balaban J connectivity index is 0.00000225. The van der Waals surface area contributed by atoms with Crippen LogP contribution in [-0.2, 0) is 0 Å². The summed E-state index contributed by atoms with van der Waals surface area (Å²) in [5.74, 6) is -0.546. The van der Waals surface area contributed by atoms with Gasteiger partial charge in [0.25, 0.3) is 0 Å². The van der Waals surface area contributed by atoms with Crippen LogP contribution in [0.4, 0.5) is 0 Å². The summed E-state index contributed by atoms with van der Waals surface area (Å²) in [5.41, 5.74) is 0.580. The molecular weight excluding hydrogens is 315 g/mol. The fourth-order valence-electron chi connectivity index (χ4n) is 3.00. The van der Waals surface area contributed by atoms with Crippen molar-refractivity contribution in [3.63, 3.8) is 0 Å². The van der Waals surface area contributed by atoms with Crippen LogP contribution in [0.15, 0.2) is 24.5 Å². The predicted molar refractivity (Wildman–Crippen MR) is 88.2 cm³/mol. The Labute approximate surface area is 159 Å². The number of fused-ring (bicyclic) bond motifs is 1. The van der Waals surface area contributed by atoms with Gasteiger partial charge in [-0.05, 0) is 19.9 Å². The minimum Gasteiger partial charge on any atom is -0.543 e. The molecule has 0 N–H and O–H groups in total. The molecule has 0 unspecified atom stereocenters. The fourth-order valence-corrected chi connectivity index (χ4v) is 3.00. The van der Waals surface area contributed by atoms with Crippen molar-refractivity contribution in [3.05, 3.63) is 30.2 Å². The van der Waals surface area contributed by atoms with Crippen molar-refractivity contribution in [2.24, 2.45) is 0 Å². The average Bonchev–Trinajstić information content (AvgIpc) is 2.99. The molecule has 2 aromatic heterocycles. The topological polar surface area (TPSA) is 73.1 Å². The maximum absolute atomic E-state index is 11.0. The first-order valence-corrected chi connectivity index (χ1v) is 8.32. The number of carbonyl (C=O) groups is 1. The van der Waals surface area contributed by atoms with Crippen LogP contribution in [0.25, 0.3) is 5.65 Å². The Morgan fingerprint density at radius 1 is 1.32 bits per heavy atom. The van der Waals surface area contributed by atoms with Crippen molar-refractivity contribution in [1.29, 1.82) is 0 Å². The number of nitrogens with zero attached hydrogens (tertiary/aromatic N) is 4. The maximum Gasteiger partial charge on any atom is 1.00 e. The normalized spacial score (nSPS) is 16.1. The van der Waals surface area contributed by atoms with Gasteiger partial charge in [-0.15, -0.1) is 0 Å². The molecule has 0 atom stereocenters. The summed E-state index contributed by atoms with van der Waals surface area (Å²) in [6, 6.07) is 4.09. The molecular formula is C17H23LiN4O3. The molecule has 3 rings (SSSR count). The zero-order valence-electron chi connectivity index (χ0n) is 15.1. The van der Waals surface area contributed by atoms with E-state index in [2.05, 4.69) is 28.6 Å². The number of hydrogen-bond acceptors (Lipinski definition) is 6. The molecule has 7 nitrogen and oxygen atoms in total. The van der Waals surface area contributed by atoms with Gasteiger partial charge in [0.05, 0.1) is 17.9 Å². The van der Waals surface area contributed by atoms with Crippen LogP contribution in [0.3, 0.4) is 0 Å². The Morgan fingerprint density at radius 3 is 2.68 bits per heavy atom. The Bertz CT molecular complexity index is 711. The second-order valence-corrected chi connectivity index (χ2v) is 6.34. The van der Waals surface area contributed by atoms with Gasteiger partial charge in [0.2, 0.25) is 0 Å². The first-order valence-electron chi connectivity index (χ1n) is 8.32. The molecule has 0 spiro atoms. The molecule has 25 heavy (non-hydrogen) atoms. The maximum atomic E-state index is 11.0. The Morgan fingerprint density at radius 2 is 2.04 bits per heavy atom. The van der Waals surface area contributed by atoms with E-state index in [1.807, 2.05) is 0 Å². The molecule has 130 valence electrons. The largest absolute Gasteiger partial charge is 1.00 e. The average molecular weight is 338 g/mol. The molecule has 0 bridgehead atoms. The molecule has 0 radical (unpaired) electrons. The van der Waals surface area contributed by atoms with E-state index < -0.39 is 5.97 Å². The van der Waals surface area contributed by atoms with Crippen LogP contribution in [0, 0.1) is 0 Å². The number of rotatable bonds is 6. The zero-order chi connectivity index (χ0) is 17.1. The van der Waals surface area contributed by atoms with Gasteiger partial charge in [-0.2, -0.15) is 0 Å². The first-order chi connectivity index (χ1) is 11.5. The fraction of sp³-hybridized carbons (Fsp3) is 0.529. The van der Waals surface area contributed by atoms with E-state index in [1.54, 1.807) is 18.3 Å². The molecule has 1 saturated heterocycles. The van der Waals surface area contributed by atoms with Crippen LogP contribution in [0.2, 0.25) is 0 Å². The van der Waals surface area contributed by atoms with Gasteiger partial charge in [-0.1, -0.05) is 0 Å². The molecule has 1 aliphatic rings. The van der Waals surface area contributed by atoms with Gasteiger partial charge in [-0.25, -0.2) is 4.98 Å². The molecule has 0 aromatic carbocycles. The quantitative estimate of drug-likeness (QED) is 0.527. The van der Waals surface area contributed by atoms with E-state index in [0.717, 1.165) is 32.7 Å². The van der Waals surface area contributed by atoms with Crippen molar-refractivity contribution in [2.75, 3.05) is 39.3 Å². The molecule has 8 heteroatoms. The summed E-state index contributed by atoms with van der Waals surface area (Å²) < 4.78 is 7.27. The molecule has 3 heterocycles. The third-order valence-corrected chi connectivity index (χ3v) is 4.51. The zero-order valence-corrected chi connectivity index (χ0v) is 15.1.